The zero-order chi connectivity index (χ0) is 8.43. The molecule has 0 aliphatic rings. The lowest BCUT2D eigenvalue weighted by atomic mass is 10.3. The van der Waals surface area contributed by atoms with E-state index in [1.54, 1.807) is 7.05 Å². The lowest BCUT2D eigenvalue weighted by Crippen LogP contribution is -2.24. The van der Waals surface area contributed by atoms with Gasteiger partial charge >= 0.3 is 0 Å². The molecule has 0 spiro atoms. The van der Waals surface area contributed by atoms with Gasteiger partial charge in [-0.3, -0.25) is 4.68 Å². The van der Waals surface area contributed by atoms with E-state index < -0.39 is 5.97 Å². The van der Waals surface area contributed by atoms with E-state index in [-0.39, 0.29) is 5.69 Å². The quantitative estimate of drug-likeness (QED) is 0.567. The minimum Gasteiger partial charge on any atom is -0.543 e. The van der Waals surface area contributed by atoms with Crippen LogP contribution in [-0.2, 0) is 13.5 Å². The van der Waals surface area contributed by atoms with E-state index in [1.807, 2.05) is 6.92 Å². The number of carboxylic acid groups (broad SMARTS) is 1. The Morgan fingerprint density at radius 1 is 1.82 bits per heavy atom. The van der Waals surface area contributed by atoms with Crippen molar-refractivity contribution in [3.05, 3.63) is 17.5 Å². The van der Waals surface area contributed by atoms with Crippen LogP contribution in [0.3, 0.4) is 0 Å². The molecule has 0 N–H and O–H groups in total. The third-order valence-corrected chi connectivity index (χ3v) is 1.50. The first-order chi connectivity index (χ1) is 5.15. The molecule has 0 fully saturated rings. The van der Waals surface area contributed by atoms with Gasteiger partial charge in [-0.15, -0.1) is 0 Å². The number of carbonyl (C=O) groups excluding carboxylic acids is 1. The highest BCUT2D eigenvalue weighted by molar-refractivity contribution is 5.83. The molecule has 60 valence electrons. The maximum atomic E-state index is 10.4. The summed E-state index contributed by atoms with van der Waals surface area (Å²) >= 11 is 0. The molecule has 0 unspecified atom stereocenters. The summed E-state index contributed by atoms with van der Waals surface area (Å²) in [5.41, 5.74) is 0.897. The van der Waals surface area contributed by atoms with Crippen LogP contribution in [0.5, 0.6) is 0 Å². The Kier molecular flexibility index (Phi) is 1.94. The number of rotatable bonds is 2. The van der Waals surface area contributed by atoms with E-state index in [2.05, 4.69) is 5.10 Å². The highest BCUT2D eigenvalue weighted by Gasteiger charge is 2.02. The van der Waals surface area contributed by atoms with Crippen molar-refractivity contribution in [2.24, 2.45) is 7.05 Å². The normalized spacial score (nSPS) is 10.0. The molecule has 1 aromatic heterocycles. The summed E-state index contributed by atoms with van der Waals surface area (Å²) in [5.74, 6) is -1.18. The van der Waals surface area contributed by atoms with Gasteiger partial charge in [0.05, 0.1) is 17.4 Å². The van der Waals surface area contributed by atoms with Crippen LogP contribution in [0.15, 0.2) is 6.07 Å². The third kappa shape index (κ3) is 1.39. The van der Waals surface area contributed by atoms with Crippen molar-refractivity contribution in [3.63, 3.8) is 0 Å². The summed E-state index contributed by atoms with van der Waals surface area (Å²) in [6.45, 7) is 1.92. The molecule has 4 nitrogen and oxygen atoms in total. The summed E-state index contributed by atoms with van der Waals surface area (Å²) in [6, 6.07) is 1.52. The Labute approximate surface area is 64.5 Å². The van der Waals surface area contributed by atoms with Crippen molar-refractivity contribution in [1.82, 2.24) is 9.78 Å². The Hall–Kier alpha value is -1.32. The second kappa shape index (κ2) is 2.74. The van der Waals surface area contributed by atoms with Gasteiger partial charge in [0.15, 0.2) is 0 Å². The molecular formula is C7H9N2O2-. The number of aryl methyl sites for hydroxylation is 2. The van der Waals surface area contributed by atoms with Crippen molar-refractivity contribution in [2.75, 3.05) is 0 Å². The predicted molar refractivity (Wildman–Crippen MR) is 36.9 cm³/mol. The summed E-state index contributed by atoms with van der Waals surface area (Å²) in [5, 5.41) is 14.3. The fraction of sp³-hybridized carbons (Fsp3) is 0.429. The maximum absolute atomic E-state index is 10.4. The van der Waals surface area contributed by atoms with E-state index in [0.717, 1.165) is 12.1 Å². The highest BCUT2D eigenvalue weighted by Crippen LogP contribution is 2.01. The first-order valence-corrected chi connectivity index (χ1v) is 3.39. The zero-order valence-electron chi connectivity index (χ0n) is 6.50. The second-order valence-electron chi connectivity index (χ2n) is 2.29. The summed E-state index contributed by atoms with van der Waals surface area (Å²) in [6.07, 6.45) is 0.737. The molecular weight excluding hydrogens is 144 g/mol. The van der Waals surface area contributed by atoms with Crippen LogP contribution in [0.2, 0.25) is 0 Å². The van der Waals surface area contributed by atoms with E-state index in [4.69, 9.17) is 0 Å². The third-order valence-electron chi connectivity index (χ3n) is 1.50. The number of aromatic nitrogens is 2. The smallest absolute Gasteiger partial charge is 0.0896 e. The molecule has 0 amide bonds. The van der Waals surface area contributed by atoms with Gasteiger partial charge in [0.25, 0.3) is 0 Å². The Morgan fingerprint density at radius 2 is 2.45 bits per heavy atom. The monoisotopic (exact) mass is 153 g/mol. The summed E-state index contributed by atoms with van der Waals surface area (Å²) in [7, 11) is 1.59. The highest BCUT2D eigenvalue weighted by atomic mass is 16.4. The molecule has 0 saturated heterocycles. The van der Waals surface area contributed by atoms with E-state index in [0.29, 0.717) is 0 Å². The first kappa shape index (κ1) is 7.78. The fourth-order valence-corrected chi connectivity index (χ4v) is 0.890. The van der Waals surface area contributed by atoms with Crippen molar-refractivity contribution < 1.29 is 9.90 Å². The standard InChI is InChI=1S/C7H10N2O2/c1-3-5-4-6(7(10)11)9(2)8-5/h4H,3H2,1-2H3,(H,10,11)/p-1. The Bertz CT molecular complexity index is 278. The minimum absolute atomic E-state index is 0.127. The van der Waals surface area contributed by atoms with Gasteiger partial charge in [0.2, 0.25) is 0 Å². The average molecular weight is 153 g/mol. The second-order valence-corrected chi connectivity index (χ2v) is 2.29. The molecule has 4 heteroatoms. The van der Waals surface area contributed by atoms with Gasteiger partial charge < -0.3 is 9.90 Å². The lowest BCUT2D eigenvalue weighted by molar-refractivity contribution is -0.255. The van der Waals surface area contributed by atoms with Crippen molar-refractivity contribution in [2.45, 2.75) is 13.3 Å². The van der Waals surface area contributed by atoms with Crippen molar-refractivity contribution >= 4 is 5.97 Å². The number of aromatic carboxylic acids is 1. The predicted octanol–water partition coefficient (Wildman–Crippen LogP) is -0.654. The molecule has 1 rings (SSSR count). The van der Waals surface area contributed by atoms with Gasteiger partial charge in [0.1, 0.15) is 0 Å². The van der Waals surface area contributed by atoms with Crippen LogP contribution in [-0.4, -0.2) is 15.7 Å². The van der Waals surface area contributed by atoms with Gasteiger partial charge in [0, 0.05) is 7.05 Å². The summed E-state index contributed by atoms with van der Waals surface area (Å²) in [4.78, 5) is 10.4. The van der Waals surface area contributed by atoms with Crippen LogP contribution >= 0.6 is 0 Å². The average Bonchev–Trinajstić information content (AvgIpc) is 2.30. The molecule has 0 aromatic carbocycles. The molecule has 1 heterocycles. The van der Waals surface area contributed by atoms with E-state index in [1.165, 1.54) is 10.7 Å². The van der Waals surface area contributed by atoms with E-state index >= 15 is 0 Å². The largest absolute Gasteiger partial charge is 0.543 e. The van der Waals surface area contributed by atoms with Gasteiger partial charge in [-0.05, 0) is 12.5 Å². The molecule has 11 heavy (non-hydrogen) atoms. The number of carbonyl (C=O) groups is 1. The number of nitrogens with zero attached hydrogens (tertiary/aromatic N) is 2. The molecule has 0 radical (unpaired) electrons. The van der Waals surface area contributed by atoms with Crippen LogP contribution in [0.1, 0.15) is 23.1 Å². The Morgan fingerprint density at radius 3 is 2.73 bits per heavy atom. The van der Waals surface area contributed by atoms with Crippen molar-refractivity contribution in [3.8, 4) is 0 Å². The molecule has 0 saturated carbocycles. The topological polar surface area (TPSA) is 57.9 Å². The maximum Gasteiger partial charge on any atom is 0.0896 e. The summed E-state index contributed by atoms with van der Waals surface area (Å²) < 4.78 is 1.31. The van der Waals surface area contributed by atoms with Crippen LogP contribution in [0.25, 0.3) is 0 Å². The molecule has 0 atom stereocenters. The number of hydrogen-bond acceptors (Lipinski definition) is 3. The van der Waals surface area contributed by atoms with Crippen LogP contribution < -0.4 is 5.11 Å². The molecule has 0 aliphatic heterocycles. The van der Waals surface area contributed by atoms with E-state index in [9.17, 15) is 9.90 Å². The van der Waals surface area contributed by atoms with Gasteiger partial charge in [-0.25, -0.2) is 0 Å². The molecule has 0 aliphatic carbocycles. The van der Waals surface area contributed by atoms with Crippen molar-refractivity contribution in [1.29, 1.82) is 0 Å². The van der Waals surface area contributed by atoms with Gasteiger partial charge in [-0.1, -0.05) is 6.92 Å². The Balaban J connectivity index is 3.07. The molecule has 1 aromatic rings. The number of carboxylic acids is 1. The minimum atomic E-state index is -1.18. The SMILES string of the molecule is CCc1cc(C(=O)[O-])n(C)n1. The number of hydrogen-bond donors (Lipinski definition) is 0. The zero-order valence-corrected chi connectivity index (χ0v) is 6.50. The van der Waals surface area contributed by atoms with Crippen LogP contribution in [0.4, 0.5) is 0 Å². The molecule has 0 bridgehead atoms. The van der Waals surface area contributed by atoms with Crippen LogP contribution in [0, 0.1) is 0 Å². The first-order valence-electron chi connectivity index (χ1n) is 3.39. The van der Waals surface area contributed by atoms with Gasteiger partial charge in [-0.2, -0.15) is 5.10 Å². The fourth-order valence-electron chi connectivity index (χ4n) is 0.890. The lowest BCUT2D eigenvalue weighted by Gasteiger charge is -1.99.